The van der Waals surface area contributed by atoms with E-state index in [9.17, 15) is 9.59 Å². The van der Waals surface area contributed by atoms with E-state index in [1.54, 1.807) is 12.1 Å². The van der Waals surface area contributed by atoms with Gasteiger partial charge in [-0.3, -0.25) is 14.3 Å². The smallest absolute Gasteiger partial charge is 0.331 e. The number of aryl methyl sites for hydroxylation is 1. The van der Waals surface area contributed by atoms with Gasteiger partial charge in [-0.15, -0.1) is 0 Å². The molecule has 3 aromatic rings. The molecule has 0 aliphatic carbocycles. The Morgan fingerprint density at radius 2 is 2.00 bits per heavy atom. The Morgan fingerprint density at radius 3 is 2.67 bits per heavy atom. The lowest BCUT2D eigenvalue weighted by atomic mass is 10.2. The highest BCUT2D eigenvalue weighted by molar-refractivity contribution is 6.30. The number of nitrogens with one attached hydrogen (secondary N) is 1. The normalized spacial score (nSPS) is 11.1. The van der Waals surface area contributed by atoms with Gasteiger partial charge in [0, 0.05) is 5.02 Å². The van der Waals surface area contributed by atoms with Crippen LogP contribution in [0, 0.1) is 0 Å². The van der Waals surface area contributed by atoms with Gasteiger partial charge in [0.2, 0.25) is 5.71 Å². The van der Waals surface area contributed by atoms with Gasteiger partial charge in [0.05, 0.1) is 12.2 Å². The number of hydrogen-bond donors (Lipinski definition) is 1. The maximum atomic E-state index is 12.0. The van der Waals surface area contributed by atoms with E-state index in [0.717, 1.165) is 5.56 Å². The van der Waals surface area contributed by atoms with Crippen LogP contribution in [0.5, 0.6) is 0 Å². The zero-order valence-corrected chi connectivity index (χ0v) is 12.0. The number of halogens is 1. The Labute approximate surface area is 124 Å². The SMILES string of the molecule is CCc1noc2c1c(=O)[nH]c(=O)n2Cc1ccc(Cl)cc1. The lowest BCUT2D eigenvalue weighted by molar-refractivity contribution is 0.424. The number of rotatable bonds is 3. The molecule has 0 aliphatic rings. The monoisotopic (exact) mass is 305 g/mol. The Bertz CT molecular complexity index is 906. The molecule has 0 bridgehead atoms. The van der Waals surface area contributed by atoms with Crippen molar-refractivity contribution in [3.8, 4) is 0 Å². The molecule has 7 heteroatoms. The Balaban J connectivity index is 2.18. The summed E-state index contributed by atoms with van der Waals surface area (Å²) >= 11 is 5.84. The molecule has 0 saturated carbocycles. The van der Waals surface area contributed by atoms with Crippen LogP contribution in [0.25, 0.3) is 11.1 Å². The van der Waals surface area contributed by atoms with Crippen molar-refractivity contribution in [2.75, 3.05) is 0 Å². The largest absolute Gasteiger partial charge is 0.337 e. The van der Waals surface area contributed by atoms with Crippen LogP contribution < -0.4 is 11.2 Å². The summed E-state index contributed by atoms with van der Waals surface area (Å²) in [5.41, 5.74) is 0.595. The third-order valence-corrected chi connectivity index (χ3v) is 3.52. The third kappa shape index (κ3) is 2.38. The van der Waals surface area contributed by atoms with Crippen LogP contribution >= 0.6 is 11.6 Å². The van der Waals surface area contributed by atoms with E-state index in [1.165, 1.54) is 4.57 Å². The van der Waals surface area contributed by atoms with Crippen LogP contribution in [0.4, 0.5) is 0 Å². The fourth-order valence-electron chi connectivity index (χ4n) is 2.20. The number of benzene rings is 1. The molecule has 21 heavy (non-hydrogen) atoms. The van der Waals surface area contributed by atoms with Gasteiger partial charge in [-0.25, -0.2) is 4.79 Å². The predicted octanol–water partition coefficient (Wildman–Crippen LogP) is 1.94. The Morgan fingerprint density at radius 1 is 1.29 bits per heavy atom. The molecule has 0 aliphatic heterocycles. The topological polar surface area (TPSA) is 80.9 Å². The molecule has 2 aromatic heterocycles. The molecule has 1 N–H and O–H groups in total. The fourth-order valence-corrected chi connectivity index (χ4v) is 2.33. The fraction of sp³-hybridized carbons (Fsp3) is 0.214. The van der Waals surface area contributed by atoms with E-state index in [-0.39, 0.29) is 12.3 Å². The van der Waals surface area contributed by atoms with E-state index in [2.05, 4.69) is 10.1 Å². The minimum Gasteiger partial charge on any atom is -0.337 e. The minimum absolute atomic E-state index is 0.190. The highest BCUT2D eigenvalue weighted by Gasteiger charge is 2.16. The van der Waals surface area contributed by atoms with E-state index in [1.807, 2.05) is 19.1 Å². The van der Waals surface area contributed by atoms with Crippen molar-refractivity contribution < 1.29 is 4.52 Å². The van der Waals surface area contributed by atoms with E-state index in [4.69, 9.17) is 16.1 Å². The molecule has 0 spiro atoms. The van der Waals surface area contributed by atoms with Gasteiger partial charge in [0.1, 0.15) is 5.39 Å². The molecule has 108 valence electrons. The summed E-state index contributed by atoms with van der Waals surface area (Å²) in [5, 5.41) is 4.80. The molecule has 2 heterocycles. The van der Waals surface area contributed by atoms with Crippen LogP contribution in [-0.4, -0.2) is 14.7 Å². The third-order valence-electron chi connectivity index (χ3n) is 3.27. The maximum Gasteiger partial charge on any atom is 0.331 e. The number of aromatic nitrogens is 3. The number of nitrogens with zero attached hydrogens (tertiary/aromatic N) is 2. The lowest BCUT2D eigenvalue weighted by Gasteiger charge is -2.05. The van der Waals surface area contributed by atoms with Gasteiger partial charge < -0.3 is 4.52 Å². The first-order chi connectivity index (χ1) is 10.1. The molecule has 0 saturated heterocycles. The highest BCUT2D eigenvalue weighted by Crippen LogP contribution is 2.15. The Kier molecular flexibility index (Phi) is 3.39. The Hall–Kier alpha value is -2.34. The van der Waals surface area contributed by atoms with Crippen molar-refractivity contribution in [2.45, 2.75) is 19.9 Å². The summed E-state index contributed by atoms with van der Waals surface area (Å²) in [4.78, 5) is 26.2. The molecule has 6 nitrogen and oxygen atoms in total. The summed E-state index contributed by atoms with van der Waals surface area (Å²) in [6.45, 7) is 2.13. The second-order valence-corrected chi connectivity index (χ2v) is 5.07. The molecule has 0 fully saturated rings. The predicted molar refractivity (Wildman–Crippen MR) is 78.8 cm³/mol. The van der Waals surface area contributed by atoms with Gasteiger partial charge in [-0.05, 0) is 24.1 Å². The van der Waals surface area contributed by atoms with Gasteiger partial charge in [0.15, 0.2) is 0 Å². The maximum absolute atomic E-state index is 12.0. The first-order valence-corrected chi connectivity index (χ1v) is 6.83. The zero-order chi connectivity index (χ0) is 15.0. The van der Waals surface area contributed by atoms with Gasteiger partial charge in [-0.2, -0.15) is 0 Å². The second kappa shape index (κ2) is 5.21. The van der Waals surface area contributed by atoms with Gasteiger partial charge >= 0.3 is 5.69 Å². The summed E-state index contributed by atoms with van der Waals surface area (Å²) in [6.07, 6.45) is 0.551. The molecule has 1 aromatic carbocycles. The van der Waals surface area contributed by atoms with Gasteiger partial charge in [0.25, 0.3) is 5.56 Å². The van der Waals surface area contributed by atoms with Crippen molar-refractivity contribution in [2.24, 2.45) is 0 Å². The summed E-state index contributed by atoms with van der Waals surface area (Å²) in [7, 11) is 0. The molecule has 3 rings (SSSR count). The van der Waals surface area contributed by atoms with Crippen LogP contribution in [0.15, 0.2) is 38.4 Å². The highest BCUT2D eigenvalue weighted by atomic mass is 35.5. The van der Waals surface area contributed by atoms with Crippen LogP contribution in [-0.2, 0) is 13.0 Å². The van der Waals surface area contributed by atoms with Crippen LogP contribution in [0.3, 0.4) is 0 Å². The van der Waals surface area contributed by atoms with E-state index < -0.39 is 11.2 Å². The zero-order valence-electron chi connectivity index (χ0n) is 11.2. The standard InChI is InChI=1S/C14H12ClN3O3/c1-2-10-11-12(19)16-14(20)18(13(11)21-17-10)7-8-3-5-9(15)6-4-8/h3-6H,2,7H2,1H3,(H,16,19,20). The summed E-state index contributed by atoms with van der Waals surface area (Å²) < 4.78 is 6.55. The molecular weight excluding hydrogens is 294 g/mol. The molecule has 0 amide bonds. The van der Waals surface area contributed by atoms with Crippen molar-refractivity contribution >= 4 is 22.7 Å². The summed E-state index contributed by atoms with van der Waals surface area (Å²) in [6, 6.07) is 7.09. The van der Waals surface area contributed by atoms with Crippen molar-refractivity contribution in [1.29, 1.82) is 0 Å². The number of fused-ring (bicyclic) bond motifs is 1. The van der Waals surface area contributed by atoms with Crippen molar-refractivity contribution in [3.05, 3.63) is 61.4 Å². The quantitative estimate of drug-likeness (QED) is 0.802. The molecule has 0 radical (unpaired) electrons. The molecule has 0 unspecified atom stereocenters. The number of H-pyrrole nitrogens is 1. The first-order valence-electron chi connectivity index (χ1n) is 6.46. The van der Waals surface area contributed by atoms with Crippen molar-refractivity contribution in [3.63, 3.8) is 0 Å². The minimum atomic E-state index is -0.527. The van der Waals surface area contributed by atoms with E-state index >= 15 is 0 Å². The number of aromatic amines is 1. The average Bonchev–Trinajstić information content (AvgIpc) is 2.89. The van der Waals surface area contributed by atoms with Crippen molar-refractivity contribution in [1.82, 2.24) is 14.7 Å². The van der Waals surface area contributed by atoms with Crippen LogP contribution in [0.2, 0.25) is 5.02 Å². The van der Waals surface area contributed by atoms with E-state index in [0.29, 0.717) is 22.5 Å². The van der Waals surface area contributed by atoms with Gasteiger partial charge in [-0.1, -0.05) is 35.8 Å². The molecular formula is C14H12ClN3O3. The molecule has 0 atom stereocenters. The number of hydrogen-bond acceptors (Lipinski definition) is 4. The first kappa shape index (κ1) is 13.6. The second-order valence-electron chi connectivity index (χ2n) is 4.63. The average molecular weight is 306 g/mol. The summed E-state index contributed by atoms with van der Waals surface area (Å²) in [5.74, 6) is 0. The van der Waals surface area contributed by atoms with Crippen LogP contribution in [0.1, 0.15) is 18.2 Å². The lowest BCUT2D eigenvalue weighted by Crippen LogP contribution is -2.30.